The lowest BCUT2D eigenvalue weighted by atomic mass is 9.88. The number of aliphatic hydroxyl groups excluding tert-OH is 21. The molecule has 7 heterocycles. The number of allylic oxidation sites excluding steroid dienone is 3. The van der Waals surface area contributed by atoms with E-state index in [-0.39, 0.29) is 12.3 Å². The Morgan fingerprint density at radius 3 is 1.07 bits per heavy atom. The van der Waals surface area contributed by atoms with E-state index in [0.29, 0.717) is 12.8 Å². The third-order valence-electron chi connectivity index (χ3n) is 26.9. The molecule has 45 nitrogen and oxygen atoms in total. The highest BCUT2D eigenvalue weighted by atomic mass is 16.8. The normalized spacial score (nSPS) is 35.9. The van der Waals surface area contributed by atoms with Gasteiger partial charge in [-0.05, 0) is 44.9 Å². The van der Waals surface area contributed by atoms with E-state index in [4.69, 9.17) is 66.3 Å². The summed E-state index contributed by atoms with van der Waals surface area (Å²) < 4.78 is 83.1. The zero-order valence-corrected chi connectivity index (χ0v) is 81.7. The number of carboxylic acids is 1. The second-order valence-corrected chi connectivity index (χ2v) is 38.1. The van der Waals surface area contributed by atoms with E-state index >= 15 is 0 Å². The highest BCUT2D eigenvalue weighted by Gasteiger charge is 2.63. The number of carbonyl (C=O) groups excluding carboxylic acids is 4. The van der Waals surface area contributed by atoms with Crippen LogP contribution in [0.25, 0.3) is 0 Å². The molecule has 0 saturated carbocycles. The van der Waals surface area contributed by atoms with Crippen LogP contribution in [-0.4, -0.2) is 427 Å². The minimum Gasteiger partial charge on any atom is -0.477 e. The molecule has 45 heteroatoms. The van der Waals surface area contributed by atoms with Gasteiger partial charge in [-0.3, -0.25) is 19.2 Å². The summed E-state index contributed by atoms with van der Waals surface area (Å²) in [6.45, 7) is -0.971. The Labute approximate surface area is 819 Å². The predicted octanol–water partition coefficient (Wildman–Crippen LogP) is -2.35. The van der Waals surface area contributed by atoms with Crippen LogP contribution in [0.5, 0.6) is 0 Å². The van der Waals surface area contributed by atoms with Crippen LogP contribution >= 0.6 is 0 Å². The number of carboxylic acid groups (broad SMARTS) is 1. The number of aliphatic carboxylic acids is 1. The molecule has 0 aromatic heterocycles. The Morgan fingerprint density at radius 2 is 0.700 bits per heavy atom. The molecule has 7 aliphatic heterocycles. The average molecular weight is 2020 g/mol. The van der Waals surface area contributed by atoms with Gasteiger partial charge in [-0.1, -0.05) is 205 Å². The highest BCUT2D eigenvalue weighted by Crippen LogP contribution is 2.42. The number of rotatable bonds is 66. The zero-order chi connectivity index (χ0) is 103. The number of unbranched alkanes of at least 4 members (excludes halogenated alkanes) is 30. The summed E-state index contributed by atoms with van der Waals surface area (Å²) in [7, 11) is 0. The van der Waals surface area contributed by atoms with Crippen LogP contribution in [0.2, 0.25) is 0 Å². The Balaban J connectivity index is 0.974. The topological polar surface area (TPSA) is 708 Å². The van der Waals surface area contributed by atoms with Gasteiger partial charge in [0.05, 0.1) is 77.1 Å². The van der Waals surface area contributed by atoms with Crippen LogP contribution in [0.1, 0.15) is 259 Å². The third kappa shape index (κ3) is 37.0. The van der Waals surface area contributed by atoms with Crippen molar-refractivity contribution in [1.29, 1.82) is 0 Å². The molecule has 814 valence electrons. The van der Waals surface area contributed by atoms with Crippen LogP contribution in [0.15, 0.2) is 24.3 Å². The van der Waals surface area contributed by atoms with Gasteiger partial charge in [-0.15, -0.1) is 0 Å². The third-order valence-corrected chi connectivity index (χ3v) is 26.9. The van der Waals surface area contributed by atoms with Crippen molar-refractivity contribution in [3.05, 3.63) is 24.3 Å². The number of nitrogens with one attached hydrogen (secondary N) is 4. The molecular formula is C95H168N4O41. The number of hydrogen-bond acceptors (Lipinski definition) is 40. The standard InChI is InChI=1S/C95H168N4O41/c1-6-8-10-12-14-16-18-20-21-22-23-24-25-26-27-28-29-31-33-35-37-39-41-43-66(113)99-56(57(110)42-40-38-36-34-32-30-19-17-15-13-11-9-7-2)52-127-90-77(121)76(120)83(65(51-106)133-90)136-92-79(123)86(72(116)61(47-102)129-92)138-88-68(97-54(4)108)74(118)81(63(49-104)131-88)134-91-78(122)85(71(115)60(46-101)128-91)137-89-69(98-55(5)109)75(119)82(64(50-105)132-89)135-93-80(124)87(73(117)62(48-103)130-93)140-95(94(125)126)44-58(111)67(96-53(3)107)84(139-95)70(114)59(112)45-100/h20-21,40,42,56-65,67-93,100-106,110-112,114-124H,6-19,22-39,41,43-52H2,1-5H3,(H,96,107)(H,97,108)(H,98,109)(H,99,113)(H,125,126)/b21-20-,42-40+/t56-,57+,58?,59+,60?,61?,62?,63?,64?,65?,67+,68?,69?,70+,71-,72-,73-,74+,75+,76+,77?,78?,79?,80?,81+,82+,83+,84?,85-,86-,87-,88-,89+,90+,91-,92-,93-,95-/m0/s1. The summed E-state index contributed by atoms with van der Waals surface area (Å²) >= 11 is 0. The monoisotopic (exact) mass is 2020 g/mol. The van der Waals surface area contributed by atoms with Crippen LogP contribution in [0.4, 0.5) is 0 Å². The molecule has 7 aliphatic rings. The summed E-state index contributed by atoms with van der Waals surface area (Å²) in [5.41, 5.74) is 0. The Bertz CT molecular complexity index is 3500. The number of ether oxygens (including phenoxy) is 14. The molecule has 0 aromatic carbocycles. The fourth-order valence-electron chi connectivity index (χ4n) is 18.8. The van der Waals surface area contributed by atoms with Crippen molar-refractivity contribution in [2.45, 2.75) is 492 Å². The van der Waals surface area contributed by atoms with Crippen molar-refractivity contribution in [2.24, 2.45) is 0 Å². The molecule has 0 spiro atoms. The van der Waals surface area contributed by atoms with E-state index in [2.05, 4.69) is 47.3 Å². The molecule has 4 amide bonds. The Morgan fingerprint density at radius 1 is 0.371 bits per heavy atom. The molecule has 26 N–H and O–H groups in total. The van der Waals surface area contributed by atoms with E-state index in [1.807, 2.05) is 6.08 Å². The summed E-state index contributed by atoms with van der Waals surface area (Å²) in [6.07, 6.45) is -23.0. The lowest BCUT2D eigenvalue weighted by Crippen LogP contribution is -2.71. The first-order valence-electron chi connectivity index (χ1n) is 50.8. The molecule has 0 bridgehead atoms. The zero-order valence-electron chi connectivity index (χ0n) is 81.7. The van der Waals surface area contributed by atoms with Gasteiger partial charge < -0.3 is 200 Å². The maximum atomic E-state index is 13.7. The number of amides is 4. The number of hydrogen-bond donors (Lipinski definition) is 26. The molecule has 7 rings (SSSR count). The second-order valence-electron chi connectivity index (χ2n) is 38.1. The maximum Gasteiger partial charge on any atom is 0.364 e. The average Bonchev–Trinajstić information content (AvgIpc) is 0.954. The molecule has 38 atom stereocenters. The lowest BCUT2D eigenvalue weighted by Gasteiger charge is -2.51. The molecule has 14 unspecified atom stereocenters. The number of carbonyl (C=O) groups is 5. The van der Waals surface area contributed by atoms with E-state index in [1.165, 1.54) is 135 Å². The van der Waals surface area contributed by atoms with Gasteiger partial charge in [-0.2, -0.15) is 0 Å². The van der Waals surface area contributed by atoms with Gasteiger partial charge in [0.25, 0.3) is 5.79 Å². The van der Waals surface area contributed by atoms with Crippen LogP contribution in [0, 0.1) is 0 Å². The van der Waals surface area contributed by atoms with Gasteiger partial charge in [0.15, 0.2) is 37.7 Å². The summed E-state index contributed by atoms with van der Waals surface area (Å²) in [4.78, 5) is 65.2. The first-order chi connectivity index (χ1) is 67.1. The first kappa shape index (κ1) is 122. The van der Waals surface area contributed by atoms with E-state index < -0.39 is 315 Å². The molecule has 7 fully saturated rings. The smallest absolute Gasteiger partial charge is 0.364 e. The van der Waals surface area contributed by atoms with Crippen molar-refractivity contribution in [1.82, 2.24) is 21.3 Å². The van der Waals surface area contributed by atoms with Crippen LogP contribution in [0.3, 0.4) is 0 Å². The molecule has 0 radical (unpaired) electrons. The molecule has 0 aromatic rings. The molecule has 7 saturated heterocycles. The van der Waals surface area contributed by atoms with Crippen molar-refractivity contribution in [2.75, 3.05) is 52.9 Å². The van der Waals surface area contributed by atoms with E-state index in [0.717, 1.165) is 85.0 Å². The largest absolute Gasteiger partial charge is 0.477 e. The first-order valence-corrected chi connectivity index (χ1v) is 50.8. The highest BCUT2D eigenvalue weighted by molar-refractivity contribution is 5.77. The minimum absolute atomic E-state index is 0.150. The minimum atomic E-state index is -3.25. The predicted molar refractivity (Wildman–Crippen MR) is 492 cm³/mol. The van der Waals surface area contributed by atoms with Gasteiger partial charge in [0.1, 0.15) is 165 Å². The quantitative estimate of drug-likeness (QED) is 0.0224. The van der Waals surface area contributed by atoms with Crippen LogP contribution < -0.4 is 21.3 Å². The van der Waals surface area contributed by atoms with Gasteiger partial charge in [0.2, 0.25) is 23.6 Å². The molecule has 140 heavy (non-hydrogen) atoms. The SMILES string of the molecule is CCCCCCCC/C=C\CCCCCCCCCCCCCCCC(=O)N[C@@H](CO[C@@H]1OC(CO)[C@@H](O[C@@H]2OC(CO)[C@H](O)[C@H](O[C@@H]3OC(CO)[C@@H](O[C@@H]4OC(CO)[C@H](O)[C@H](O[C@H]5OC(CO)[C@@H](O[C@@H]6OC(CO)[C@H](O)[C@H](O[C@]7(C(=O)O)CC(O)[C@@H](NC(C)=O)C([C@H](O)[C@H](O)CO)O7)C6O)[C@H](O)C5NC(C)=O)C4O)[C@H](O)C3NC(C)=O)C2O)[C@H](O)C1O)[C@H](O)/C=C/CCCCCCCCCCCCC. The second kappa shape index (κ2) is 64.6. The van der Waals surface area contributed by atoms with Crippen molar-refractivity contribution in [3.8, 4) is 0 Å². The maximum absolute atomic E-state index is 13.7. The van der Waals surface area contributed by atoms with E-state index in [9.17, 15) is 136 Å². The van der Waals surface area contributed by atoms with E-state index in [1.54, 1.807) is 6.08 Å². The van der Waals surface area contributed by atoms with Crippen LogP contribution in [-0.2, 0) is 90.3 Å². The number of aliphatic hydroxyl groups is 21. The van der Waals surface area contributed by atoms with Crippen molar-refractivity contribution >= 4 is 29.6 Å². The fourth-order valence-corrected chi connectivity index (χ4v) is 18.8. The summed E-state index contributed by atoms with van der Waals surface area (Å²) in [5, 5.41) is 258. The molecular weight excluding hydrogens is 1850 g/mol. The van der Waals surface area contributed by atoms with Gasteiger partial charge in [-0.25, -0.2) is 4.79 Å². The molecule has 0 aliphatic carbocycles. The fraction of sp³-hybridized carbons (Fsp3) is 0.905. The van der Waals surface area contributed by atoms with Crippen molar-refractivity contribution < 1.29 is 203 Å². The lowest BCUT2D eigenvalue weighted by molar-refractivity contribution is -0.391. The summed E-state index contributed by atoms with van der Waals surface area (Å²) in [6, 6.07) is -6.69. The Kier molecular flexibility index (Phi) is 56.5. The van der Waals surface area contributed by atoms with Gasteiger partial charge >= 0.3 is 5.97 Å². The Hall–Kier alpha value is -4.57. The summed E-state index contributed by atoms with van der Waals surface area (Å²) in [5.74, 6) is -8.44. The van der Waals surface area contributed by atoms with Crippen molar-refractivity contribution in [3.63, 3.8) is 0 Å². The van der Waals surface area contributed by atoms with Gasteiger partial charge in [0, 0.05) is 33.6 Å².